The lowest BCUT2D eigenvalue weighted by Crippen LogP contribution is -2.27. The van der Waals surface area contributed by atoms with Crippen LogP contribution >= 0.6 is 11.6 Å². The van der Waals surface area contributed by atoms with Crippen LogP contribution in [0.15, 0.2) is 12.1 Å². The molecule has 84 valence electrons. The zero-order valence-electron chi connectivity index (χ0n) is 9.31. The molecule has 0 bridgehead atoms. The molecule has 0 radical (unpaired) electrons. The third-order valence-corrected chi connectivity index (χ3v) is 4.01. The molecule has 1 aliphatic rings. The van der Waals surface area contributed by atoms with Crippen LogP contribution in [-0.2, 0) is 12.8 Å². The molecule has 0 aliphatic heterocycles. The van der Waals surface area contributed by atoms with Crippen molar-refractivity contribution in [2.75, 3.05) is 0 Å². The van der Waals surface area contributed by atoms with Gasteiger partial charge in [0.2, 0.25) is 0 Å². The average Bonchev–Trinajstić information content (AvgIpc) is 2.62. The Hall–Kier alpha value is -0.990. The summed E-state index contributed by atoms with van der Waals surface area (Å²) in [4.78, 5) is 3.51. The number of H-pyrrole nitrogens is 1. The van der Waals surface area contributed by atoms with Gasteiger partial charge in [0.05, 0.1) is 5.52 Å². The predicted octanol–water partition coefficient (Wildman–Crippen LogP) is 2.95. The first-order valence-electron chi connectivity index (χ1n) is 5.71. The van der Waals surface area contributed by atoms with Crippen molar-refractivity contribution in [1.82, 2.24) is 4.98 Å². The molecule has 0 spiro atoms. The van der Waals surface area contributed by atoms with Crippen LogP contribution < -0.4 is 5.73 Å². The van der Waals surface area contributed by atoms with E-state index in [4.69, 9.17) is 17.3 Å². The fourth-order valence-corrected chi connectivity index (χ4v) is 2.79. The molecule has 1 heterocycles. The lowest BCUT2D eigenvalue weighted by Gasteiger charge is -2.18. The minimum atomic E-state index is 0.308. The Balaban J connectivity index is 2.29. The number of aryl methyl sites for hydroxylation is 2. The topological polar surface area (TPSA) is 41.8 Å². The Labute approximate surface area is 99.8 Å². The van der Waals surface area contributed by atoms with Crippen LogP contribution in [-0.4, -0.2) is 11.0 Å². The molecule has 0 fully saturated rings. The van der Waals surface area contributed by atoms with Gasteiger partial charge in [-0.05, 0) is 43.4 Å². The molecule has 2 nitrogen and oxygen atoms in total. The third kappa shape index (κ3) is 1.37. The summed E-state index contributed by atoms with van der Waals surface area (Å²) in [5.41, 5.74) is 11.1. The molecule has 0 saturated carbocycles. The van der Waals surface area contributed by atoms with Gasteiger partial charge >= 0.3 is 0 Å². The quantitative estimate of drug-likeness (QED) is 0.723. The Morgan fingerprint density at radius 2 is 2.25 bits per heavy atom. The minimum Gasteiger partial charge on any atom is -0.358 e. The molecule has 1 atom stereocenters. The maximum Gasteiger partial charge on any atom is 0.0503 e. The Kier molecular flexibility index (Phi) is 2.23. The first-order valence-corrected chi connectivity index (χ1v) is 6.08. The van der Waals surface area contributed by atoms with E-state index in [1.165, 1.54) is 22.2 Å². The minimum absolute atomic E-state index is 0.308. The fourth-order valence-electron chi connectivity index (χ4n) is 2.63. The van der Waals surface area contributed by atoms with Gasteiger partial charge in [-0.25, -0.2) is 0 Å². The van der Waals surface area contributed by atoms with E-state index < -0.39 is 0 Å². The zero-order valence-corrected chi connectivity index (χ0v) is 10.1. The molecular formula is C13H15ClN2. The lowest BCUT2D eigenvalue weighted by molar-refractivity contribution is 0.574. The number of aromatic nitrogens is 1. The number of benzene rings is 1. The first-order chi connectivity index (χ1) is 7.66. The molecule has 0 amide bonds. The van der Waals surface area contributed by atoms with Crippen LogP contribution in [0.1, 0.15) is 23.2 Å². The van der Waals surface area contributed by atoms with Crippen molar-refractivity contribution in [2.45, 2.75) is 32.2 Å². The van der Waals surface area contributed by atoms with Crippen LogP contribution in [0.2, 0.25) is 5.02 Å². The fraction of sp³-hybridized carbons (Fsp3) is 0.385. The van der Waals surface area contributed by atoms with Crippen LogP contribution in [0, 0.1) is 6.92 Å². The number of halogens is 1. The van der Waals surface area contributed by atoms with Crippen molar-refractivity contribution in [1.29, 1.82) is 0 Å². The Bertz CT molecular complexity index is 557. The highest BCUT2D eigenvalue weighted by molar-refractivity contribution is 6.32. The smallest absolute Gasteiger partial charge is 0.0503 e. The molecule has 3 heteroatoms. The SMILES string of the molecule is Cc1c(Cl)ccc2c3c([nH]c12)CCC(N)C3. The highest BCUT2D eigenvalue weighted by atomic mass is 35.5. The van der Waals surface area contributed by atoms with Gasteiger partial charge in [0, 0.05) is 22.1 Å². The van der Waals surface area contributed by atoms with E-state index in [0.717, 1.165) is 29.8 Å². The number of nitrogens with one attached hydrogen (secondary N) is 1. The molecule has 3 N–H and O–H groups in total. The van der Waals surface area contributed by atoms with Crippen LogP contribution in [0.25, 0.3) is 10.9 Å². The van der Waals surface area contributed by atoms with Gasteiger partial charge in [-0.3, -0.25) is 0 Å². The zero-order chi connectivity index (χ0) is 11.3. The Morgan fingerprint density at radius 3 is 3.06 bits per heavy atom. The van der Waals surface area contributed by atoms with Gasteiger partial charge in [-0.2, -0.15) is 0 Å². The summed E-state index contributed by atoms with van der Waals surface area (Å²) in [7, 11) is 0. The van der Waals surface area contributed by atoms with E-state index in [1.54, 1.807) is 0 Å². The highest BCUT2D eigenvalue weighted by Crippen LogP contribution is 2.32. The van der Waals surface area contributed by atoms with Crippen molar-refractivity contribution in [3.8, 4) is 0 Å². The summed E-state index contributed by atoms with van der Waals surface area (Å²) in [5.74, 6) is 0. The largest absolute Gasteiger partial charge is 0.358 e. The van der Waals surface area contributed by atoms with Gasteiger partial charge in [-0.1, -0.05) is 17.7 Å². The second kappa shape index (κ2) is 3.51. The summed E-state index contributed by atoms with van der Waals surface area (Å²) >= 11 is 6.14. The van der Waals surface area contributed by atoms with E-state index in [-0.39, 0.29) is 0 Å². The summed E-state index contributed by atoms with van der Waals surface area (Å²) in [6.07, 6.45) is 3.12. The summed E-state index contributed by atoms with van der Waals surface area (Å²) in [6, 6.07) is 4.40. The van der Waals surface area contributed by atoms with E-state index in [2.05, 4.69) is 18.0 Å². The van der Waals surface area contributed by atoms with E-state index in [1.807, 2.05) is 6.07 Å². The van der Waals surface area contributed by atoms with Gasteiger partial charge in [-0.15, -0.1) is 0 Å². The van der Waals surface area contributed by atoms with Crippen molar-refractivity contribution in [2.24, 2.45) is 5.73 Å². The first kappa shape index (κ1) is 10.2. The second-order valence-corrected chi connectivity index (χ2v) is 5.09. The predicted molar refractivity (Wildman–Crippen MR) is 68.0 cm³/mol. The van der Waals surface area contributed by atoms with Crippen molar-refractivity contribution < 1.29 is 0 Å². The van der Waals surface area contributed by atoms with Gasteiger partial charge in [0.15, 0.2) is 0 Å². The van der Waals surface area contributed by atoms with Crippen LogP contribution in [0.3, 0.4) is 0 Å². The monoisotopic (exact) mass is 234 g/mol. The van der Waals surface area contributed by atoms with E-state index >= 15 is 0 Å². The molecule has 1 aliphatic carbocycles. The second-order valence-electron chi connectivity index (χ2n) is 4.68. The van der Waals surface area contributed by atoms with E-state index in [9.17, 15) is 0 Å². The third-order valence-electron chi connectivity index (χ3n) is 3.60. The normalized spacial score (nSPS) is 20.1. The number of nitrogens with two attached hydrogens (primary N) is 1. The van der Waals surface area contributed by atoms with Crippen LogP contribution in [0.4, 0.5) is 0 Å². The van der Waals surface area contributed by atoms with Gasteiger partial charge < -0.3 is 10.7 Å². The number of hydrogen-bond acceptors (Lipinski definition) is 1. The van der Waals surface area contributed by atoms with Crippen molar-refractivity contribution in [3.05, 3.63) is 34.0 Å². The molecular weight excluding hydrogens is 220 g/mol. The summed E-state index contributed by atoms with van der Waals surface area (Å²) in [6.45, 7) is 2.06. The van der Waals surface area contributed by atoms with E-state index in [0.29, 0.717) is 6.04 Å². The number of hydrogen-bond donors (Lipinski definition) is 2. The van der Waals surface area contributed by atoms with Crippen molar-refractivity contribution in [3.63, 3.8) is 0 Å². The molecule has 3 rings (SSSR count). The highest BCUT2D eigenvalue weighted by Gasteiger charge is 2.20. The number of aromatic amines is 1. The molecule has 16 heavy (non-hydrogen) atoms. The van der Waals surface area contributed by atoms with Gasteiger partial charge in [0.1, 0.15) is 0 Å². The number of fused-ring (bicyclic) bond motifs is 3. The maximum absolute atomic E-state index is 6.14. The Morgan fingerprint density at radius 1 is 1.44 bits per heavy atom. The van der Waals surface area contributed by atoms with Crippen LogP contribution in [0.5, 0.6) is 0 Å². The average molecular weight is 235 g/mol. The molecule has 0 saturated heterocycles. The molecule has 1 aromatic heterocycles. The lowest BCUT2D eigenvalue weighted by atomic mass is 9.92. The molecule has 2 aromatic rings. The molecule has 1 aromatic carbocycles. The standard InChI is InChI=1S/C13H15ClN2/c1-7-11(14)4-3-9-10-6-8(15)2-5-12(10)16-13(7)9/h3-4,8,16H,2,5-6,15H2,1H3. The summed E-state index contributed by atoms with van der Waals surface area (Å²) < 4.78 is 0. The van der Waals surface area contributed by atoms with Crippen molar-refractivity contribution >= 4 is 22.5 Å². The number of rotatable bonds is 0. The maximum atomic E-state index is 6.14. The van der Waals surface area contributed by atoms with Gasteiger partial charge in [0.25, 0.3) is 0 Å². The summed E-state index contributed by atoms with van der Waals surface area (Å²) in [5, 5.41) is 2.13. The molecule has 1 unspecified atom stereocenters.